The number of aliphatic hydroxyl groups is 1. The highest BCUT2D eigenvalue weighted by atomic mass is 16.5. The first-order valence-electron chi connectivity index (χ1n) is 16.9. The molecular formula is C36H54N4O5. The Kier molecular flexibility index (Phi) is 10.9. The maximum Gasteiger partial charge on any atom is 0.253 e. The number of amides is 3. The Hall–Kier alpha value is -3.17. The number of hydrogen-bond donors (Lipinski definition) is 1. The fraction of sp³-hybridized carbons (Fsp3) is 0.639. The molecule has 3 saturated heterocycles. The summed E-state index contributed by atoms with van der Waals surface area (Å²) in [6.07, 6.45) is 5.80. The summed E-state index contributed by atoms with van der Waals surface area (Å²) >= 11 is 0. The smallest absolute Gasteiger partial charge is 0.253 e. The van der Waals surface area contributed by atoms with Gasteiger partial charge in [0.1, 0.15) is 11.6 Å². The van der Waals surface area contributed by atoms with Gasteiger partial charge in [0, 0.05) is 44.1 Å². The second-order valence-electron chi connectivity index (χ2n) is 13.1. The highest BCUT2D eigenvalue weighted by Gasteiger charge is 2.79. The molecule has 0 saturated carbocycles. The third kappa shape index (κ3) is 5.71. The Labute approximate surface area is 269 Å². The Morgan fingerprint density at radius 1 is 1.02 bits per heavy atom. The van der Waals surface area contributed by atoms with Gasteiger partial charge in [-0.2, -0.15) is 0 Å². The van der Waals surface area contributed by atoms with Gasteiger partial charge in [0.15, 0.2) is 0 Å². The van der Waals surface area contributed by atoms with Crippen molar-refractivity contribution in [2.45, 2.75) is 90.5 Å². The SMILES string of the molecule is C=CCN(CCC)C(=O)[C@@H]1[C@H]2C(=O)N([C@@H](CO)C(C)C)C(C(=O)N(CC=C)c3ccc(N(CC)CC)cc3)C23CC[C@@]1(CC)O3. The van der Waals surface area contributed by atoms with Crippen molar-refractivity contribution in [2.24, 2.45) is 17.8 Å². The number of carbonyl (C=O) groups is 3. The predicted octanol–water partition coefficient (Wildman–Crippen LogP) is 4.65. The molecule has 0 aromatic heterocycles. The summed E-state index contributed by atoms with van der Waals surface area (Å²) in [5.41, 5.74) is -0.263. The van der Waals surface area contributed by atoms with E-state index in [-0.39, 0.29) is 36.8 Å². The number of aliphatic hydroxyl groups excluding tert-OH is 1. The molecule has 0 radical (unpaired) electrons. The molecule has 3 aliphatic rings. The van der Waals surface area contributed by atoms with Gasteiger partial charge in [0.25, 0.3) is 5.91 Å². The van der Waals surface area contributed by atoms with Crippen molar-refractivity contribution < 1.29 is 24.2 Å². The third-order valence-corrected chi connectivity index (χ3v) is 10.5. The van der Waals surface area contributed by atoms with E-state index in [1.165, 1.54) is 0 Å². The van der Waals surface area contributed by atoms with E-state index in [2.05, 4.69) is 31.9 Å². The molecule has 1 aromatic rings. The topological polar surface area (TPSA) is 93.6 Å². The maximum absolute atomic E-state index is 15.0. The molecule has 2 bridgehead atoms. The fourth-order valence-corrected chi connectivity index (χ4v) is 8.23. The largest absolute Gasteiger partial charge is 0.394 e. The minimum Gasteiger partial charge on any atom is -0.394 e. The molecule has 45 heavy (non-hydrogen) atoms. The first-order valence-corrected chi connectivity index (χ1v) is 16.9. The van der Waals surface area contributed by atoms with Crippen molar-refractivity contribution in [1.29, 1.82) is 0 Å². The van der Waals surface area contributed by atoms with Gasteiger partial charge in [-0.3, -0.25) is 14.4 Å². The zero-order valence-electron chi connectivity index (χ0n) is 28.2. The van der Waals surface area contributed by atoms with E-state index >= 15 is 4.79 Å². The zero-order valence-corrected chi connectivity index (χ0v) is 28.2. The fourth-order valence-electron chi connectivity index (χ4n) is 8.23. The van der Waals surface area contributed by atoms with E-state index in [1.54, 1.807) is 26.9 Å². The second kappa shape index (κ2) is 14.1. The molecule has 248 valence electrons. The van der Waals surface area contributed by atoms with Crippen LogP contribution >= 0.6 is 0 Å². The van der Waals surface area contributed by atoms with E-state index < -0.39 is 35.1 Å². The van der Waals surface area contributed by atoms with Crippen LogP contribution < -0.4 is 9.80 Å². The number of likely N-dealkylation sites (tertiary alicyclic amines) is 1. The molecule has 1 N–H and O–H groups in total. The van der Waals surface area contributed by atoms with E-state index in [0.717, 1.165) is 25.2 Å². The predicted molar refractivity (Wildman–Crippen MR) is 179 cm³/mol. The van der Waals surface area contributed by atoms with Gasteiger partial charge in [-0.1, -0.05) is 39.8 Å². The summed E-state index contributed by atoms with van der Waals surface area (Å²) in [5, 5.41) is 10.6. The van der Waals surface area contributed by atoms with E-state index in [1.807, 2.05) is 52.0 Å². The summed E-state index contributed by atoms with van der Waals surface area (Å²) in [7, 11) is 0. The third-order valence-electron chi connectivity index (χ3n) is 10.5. The second-order valence-corrected chi connectivity index (χ2v) is 13.1. The summed E-state index contributed by atoms with van der Waals surface area (Å²) in [4.78, 5) is 51.4. The van der Waals surface area contributed by atoms with Crippen LogP contribution in [0.2, 0.25) is 0 Å². The van der Waals surface area contributed by atoms with Crippen LogP contribution in [-0.4, -0.2) is 95.2 Å². The van der Waals surface area contributed by atoms with Crippen molar-refractivity contribution >= 4 is 29.1 Å². The monoisotopic (exact) mass is 622 g/mol. The first-order chi connectivity index (χ1) is 21.6. The molecule has 1 aromatic carbocycles. The van der Waals surface area contributed by atoms with E-state index in [0.29, 0.717) is 38.0 Å². The van der Waals surface area contributed by atoms with Crippen LogP contribution in [0, 0.1) is 17.8 Å². The summed E-state index contributed by atoms with van der Waals surface area (Å²) in [6, 6.07) is 6.27. The average molecular weight is 623 g/mol. The Morgan fingerprint density at radius 3 is 2.16 bits per heavy atom. The van der Waals surface area contributed by atoms with Gasteiger partial charge in [-0.15, -0.1) is 13.2 Å². The molecule has 6 atom stereocenters. The number of ether oxygens (including phenoxy) is 1. The number of carbonyl (C=O) groups excluding carboxylic acids is 3. The number of rotatable bonds is 16. The van der Waals surface area contributed by atoms with Crippen molar-refractivity contribution in [3.8, 4) is 0 Å². The van der Waals surface area contributed by atoms with Crippen molar-refractivity contribution in [2.75, 3.05) is 49.1 Å². The zero-order chi connectivity index (χ0) is 33.1. The van der Waals surface area contributed by atoms with E-state index in [9.17, 15) is 14.7 Å². The first kappa shape index (κ1) is 34.7. The van der Waals surface area contributed by atoms with Crippen LogP contribution in [0.4, 0.5) is 11.4 Å². The highest BCUT2D eigenvalue weighted by Crippen LogP contribution is 2.65. The molecule has 1 spiro atoms. The van der Waals surface area contributed by atoms with Crippen LogP contribution in [0.1, 0.15) is 67.2 Å². The highest BCUT2D eigenvalue weighted by molar-refractivity contribution is 6.05. The van der Waals surface area contributed by atoms with Gasteiger partial charge in [-0.05, 0) is 69.7 Å². The van der Waals surface area contributed by atoms with Gasteiger partial charge in [0.2, 0.25) is 11.8 Å². The standard InChI is InChI=1S/C36H54N4O5/c1-9-21-38(22-10-2)32(42)29-30-33(43)40(28(24-41)25(7)8)31(36(30)20-19-35(29,12-4)45-36)34(44)39(23-11-3)27-17-15-26(16-18-27)37(13-5)14-6/h9,11,15-18,25,28-31,41H,1,3,10,12-14,19-24H2,2,4-8H3/t28-,29-,30-,31?,35+,36?/m0/s1. The Bertz CT molecular complexity index is 1250. The molecule has 3 heterocycles. The Balaban J connectivity index is 1.85. The quantitative estimate of drug-likeness (QED) is 0.270. The molecule has 2 unspecified atom stereocenters. The summed E-state index contributed by atoms with van der Waals surface area (Å²) in [5.74, 6) is -2.35. The van der Waals surface area contributed by atoms with Crippen LogP contribution in [0.3, 0.4) is 0 Å². The molecule has 9 nitrogen and oxygen atoms in total. The lowest BCUT2D eigenvalue weighted by Gasteiger charge is -2.40. The van der Waals surface area contributed by atoms with Gasteiger partial charge in [-0.25, -0.2) is 0 Å². The number of nitrogens with zero attached hydrogens (tertiary/aromatic N) is 4. The van der Waals surface area contributed by atoms with Crippen molar-refractivity contribution in [3.63, 3.8) is 0 Å². The maximum atomic E-state index is 15.0. The number of fused-ring (bicyclic) bond motifs is 1. The number of hydrogen-bond acceptors (Lipinski definition) is 6. The summed E-state index contributed by atoms with van der Waals surface area (Å²) in [6.45, 7) is 22.5. The molecule has 3 aliphatic heterocycles. The molecule has 3 amide bonds. The molecule has 4 rings (SSSR count). The average Bonchev–Trinajstić information content (AvgIpc) is 3.64. The number of benzene rings is 1. The summed E-state index contributed by atoms with van der Waals surface area (Å²) < 4.78 is 7.02. The molecular weight excluding hydrogens is 568 g/mol. The lowest BCUT2D eigenvalue weighted by molar-refractivity contribution is -0.154. The van der Waals surface area contributed by atoms with Gasteiger partial charge < -0.3 is 29.4 Å². The van der Waals surface area contributed by atoms with Crippen molar-refractivity contribution in [1.82, 2.24) is 9.80 Å². The Morgan fingerprint density at radius 2 is 1.64 bits per heavy atom. The molecule has 3 fully saturated rings. The lowest BCUT2D eigenvalue weighted by Crippen LogP contribution is -2.60. The van der Waals surface area contributed by atoms with Gasteiger partial charge >= 0.3 is 0 Å². The van der Waals surface area contributed by atoms with Crippen LogP contribution in [0.15, 0.2) is 49.6 Å². The van der Waals surface area contributed by atoms with Gasteiger partial charge in [0.05, 0.1) is 30.1 Å². The van der Waals surface area contributed by atoms with Crippen molar-refractivity contribution in [3.05, 3.63) is 49.6 Å². The van der Waals surface area contributed by atoms with E-state index in [4.69, 9.17) is 4.74 Å². The van der Waals surface area contributed by atoms with Crippen LogP contribution in [-0.2, 0) is 19.1 Å². The van der Waals surface area contributed by atoms with Crippen LogP contribution in [0.25, 0.3) is 0 Å². The normalized spacial score (nSPS) is 27.4. The number of anilines is 2. The minimum atomic E-state index is -1.18. The molecule has 9 heteroatoms. The lowest BCUT2D eigenvalue weighted by atomic mass is 9.64. The van der Waals surface area contributed by atoms with Crippen LogP contribution in [0.5, 0.6) is 0 Å². The molecule has 0 aliphatic carbocycles. The minimum absolute atomic E-state index is 0.119.